The molecule has 19 heavy (non-hydrogen) atoms. The quantitative estimate of drug-likeness (QED) is 0.649. The Labute approximate surface area is 111 Å². The second-order valence-electron chi connectivity index (χ2n) is 4.13. The highest BCUT2D eigenvalue weighted by molar-refractivity contribution is 5.82. The standard InChI is InChI=1S/C16H11N3/c17-11-10-15(13-6-2-1-3-7-13)19-12-18-14-8-4-5-9-16(14)19/h1-10,12H. The highest BCUT2D eigenvalue weighted by atomic mass is 15.1. The van der Waals surface area contributed by atoms with E-state index in [-0.39, 0.29) is 0 Å². The molecule has 2 aromatic carbocycles. The van der Waals surface area contributed by atoms with Crippen molar-refractivity contribution in [1.82, 2.24) is 9.55 Å². The Bertz CT molecular complexity index is 776. The van der Waals surface area contributed by atoms with Crippen LogP contribution in [-0.2, 0) is 0 Å². The Morgan fingerprint density at radius 2 is 1.79 bits per heavy atom. The predicted molar refractivity (Wildman–Crippen MR) is 75.2 cm³/mol. The molecule has 0 atom stereocenters. The van der Waals surface area contributed by atoms with Gasteiger partial charge in [-0.15, -0.1) is 0 Å². The summed E-state index contributed by atoms with van der Waals surface area (Å²) in [5.74, 6) is 0. The molecule has 0 fully saturated rings. The summed E-state index contributed by atoms with van der Waals surface area (Å²) in [6.45, 7) is 0. The summed E-state index contributed by atoms with van der Waals surface area (Å²) >= 11 is 0. The molecule has 0 aliphatic rings. The van der Waals surface area contributed by atoms with Gasteiger partial charge in [-0.2, -0.15) is 5.26 Å². The van der Waals surface area contributed by atoms with Gasteiger partial charge in [0.15, 0.2) is 0 Å². The van der Waals surface area contributed by atoms with Crippen LogP contribution in [0.15, 0.2) is 67.0 Å². The van der Waals surface area contributed by atoms with Gasteiger partial charge in [0.1, 0.15) is 6.33 Å². The van der Waals surface area contributed by atoms with Crippen LogP contribution in [-0.4, -0.2) is 9.55 Å². The Morgan fingerprint density at radius 3 is 2.58 bits per heavy atom. The fraction of sp³-hybridized carbons (Fsp3) is 0. The zero-order valence-corrected chi connectivity index (χ0v) is 10.2. The number of nitriles is 1. The summed E-state index contributed by atoms with van der Waals surface area (Å²) < 4.78 is 1.94. The Kier molecular flexibility index (Phi) is 2.83. The number of allylic oxidation sites excluding steroid dienone is 1. The first kappa shape index (κ1) is 11.2. The number of hydrogen-bond donors (Lipinski definition) is 0. The van der Waals surface area contributed by atoms with Crippen LogP contribution in [0.3, 0.4) is 0 Å². The molecule has 0 radical (unpaired) electrons. The maximum absolute atomic E-state index is 9.01. The van der Waals surface area contributed by atoms with E-state index >= 15 is 0 Å². The minimum Gasteiger partial charge on any atom is -0.298 e. The lowest BCUT2D eigenvalue weighted by Gasteiger charge is -2.08. The first-order valence-corrected chi connectivity index (χ1v) is 5.98. The van der Waals surface area contributed by atoms with Crippen molar-refractivity contribution in [3.8, 4) is 6.07 Å². The molecule has 0 saturated heterocycles. The smallest absolute Gasteiger partial charge is 0.100 e. The van der Waals surface area contributed by atoms with E-state index in [9.17, 15) is 0 Å². The van der Waals surface area contributed by atoms with Gasteiger partial charge in [-0.25, -0.2) is 4.98 Å². The number of para-hydroxylation sites is 2. The summed E-state index contributed by atoms with van der Waals surface area (Å²) in [7, 11) is 0. The number of rotatable bonds is 2. The lowest BCUT2D eigenvalue weighted by atomic mass is 10.1. The van der Waals surface area contributed by atoms with Crippen LogP contribution in [0.5, 0.6) is 0 Å². The van der Waals surface area contributed by atoms with Crippen LogP contribution in [0.25, 0.3) is 16.7 Å². The molecule has 0 unspecified atom stereocenters. The van der Waals surface area contributed by atoms with Crippen LogP contribution >= 0.6 is 0 Å². The molecule has 0 saturated carbocycles. The molecule has 90 valence electrons. The van der Waals surface area contributed by atoms with E-state index in [2.05, 4.69) is 11.1 Å². The van der Waals surface area contributed by atoms with Gasteiger partial charge < -0.3 is 0 Å². The van der Waals surface area contributed by atoms with Crippen LogP contribution in [0, 0.1) is 11.3 Å². The second kappa shape index (κ2) is 4.79. The number of benzene rings is 2. The molecule has 0 aliphatic heterocycles. The SMILES string of the molecule is N#CC=C(c1ccccc1)n1cnc2ccccc21. The van der Waals surface area contributed by atoms with Gasteiger partial charge in [-0.05, 0) is 17.7 Å². The molecule has 1 aromatic heterocycles. The first-order chi connectivity index (χ1) is 9.40. The summed E-state index contributed by atoms with van der Waals surface area (Å²) in [6.07, 6.45) is 3.30. The lowest BCUT2D eigenvalue weighted by molar-refractivity contribution is 1.12. The van der Waals surface area contributed by atoms with Gasteiger partial charge in [0, 0.05) is 6.08 Å². The van der Waals surface area contributed by atoms with Crippen molar-refractivity contribution in [3.05, 3.63) is 72.6 Å². The van der Waals surface area contributed by atoms with Gasteiger partial charge in [-0.1, -0.05) is 42.5 Å². The normalized spacial score (nSPS) is 11.4. The molecule has 3 aromatic rings. The largest absolute Gasteiger partial charge is 0.298 e. The second-order valence-corrected chi connectivity index (χ2v) is 4.13. The van der Waals surface area contributed by atoms with Gasteiger partial charge in [0.05, 0.1) is 22.8 Å². The summed E-state index contributed by atoms with van der Waals surface area (Å²) in [6, 6.07) is 19.8. The number of fused-ring (bicyclic) bond motifs is 1. The highest BCUT2D eigenvalue weighted by Gasteiger charge is 2.08. The fourth-order valence-electron chi connectivity index (χ4n) is 2.11. The van der Waals surface area contributed by atoms with Gasteiger partial charge in [0.2, 0.25) is 0 Å². The van der Waals surface area contributed by atoms with Crippen LogP contribution in [0.4, 0.5) is 0 Å². The van der Waals surface area contributed by atoms with Crippen molar-refractivity contribution in [2.24, 2.45) is 0 Å². The van der Waals surface area contributed by atoms with E-state index in [0.717, 1.165) is 22.3 Å². The Morgan fingerprint density at radius 1 is 1.05 bits per heavy atom. The molecule has 0 amide bonds. The maximum atomic E-state index is 9.01. The predicted octanol–water partition coefficient (Wildman–Crippen LogP) is 3.45. The molecule has 0 aliphatic carbocycles. The minimum absolute atomic E-state index is 0.830. The number of hydrogen-bond acceptors (Lipinski definition) is 2. The molecule has 0 N–H and O–H groups in total. The van der Waals surface area contributed by atoms with E-state index in [1.807, 2.05) is 59.2 Å². The minimum atomic E-state index is 0.830. The van der Waals surface area contributed by atoms with Crippen molar-refractivity contribution in [1.29, 1.82) is 5.26 Å². The molecule has 1 heterocycles. The van der Waals surface area contributed by atoms with E-state index < -0.39 is 0 Å². The molecular formula is C16H11N3. The molecule has 3 nitrogen and oxygen atoms in total. The third kappa shape index (κ3) is 2.00. The van der Waals surface area contributed by atoms with Crippen molar-refractivity contribution in [2.75, 3.05) is 0 Å². The zero-order chi connectivity index (χ0) is 13.1. The van der Waals surface area contributed by atoms with Crippen molar-refractivity contribution in [3.63, 3.8) is 0 Å². The van der Waals surface area contributed by atoms with Gasteiger partial charge >= 0.3 is 0 Å². The summed E-state index contributed by atoms with van der Waals surface area (Å²) in [4.78, 5) is 4.36. The average Bonchev–Trinajstić information content (AvgIpc) is 2.89. The lowest BCUT2D eigenvalue weighted by Crippen LogP contribution is -1.97. The fourth-order valence-corrected chi connectivity index (χ4v) is 2.11. The molecular weight excluding hydrogens is 234 g/mol. The van der Waals surface area contributed by atoms with E-state index in [1.165, 1.54) is 0 Å². The van der Waals surface area contributed by atoms with Crippen molar-refractivity contribution >= 4 is 16.7 Å². The average molecular weight is 245 g/mol. The maximum Gasteiger partial charge on any atom is 0.100 e. The van der Waals surface area contributed by atoms with Gasteiger partial charge in [0.25, 0.3) is 0 Å². The zero-order valence-electron chi connectivity index (χ0n) is 10.2. The van der Waals surface area contributed by atoms with Crippen molar-refractivity contribution in [2.45, 2.75) is 0 Å². The molecule has 0 spiro atoms. The third-order valence-electron chi connectivity index (χ3n) is 2.98. The molecule has 0 bridgehead atoms. The van der Waals surface area contributed by atoms with Crippen LogP contribution in [0.1, 0.15) is 5.56 Å². The van der Waals surface area contributed by atoms with E-state index in [4.69, 9.17) is 5.26 Å². The Hall–Kier alpha value is -2.86. The summed E-state index contributed by atoms with van der Waals surface area (Å²) in [5, 5.41) is 9.01. The van der Waals surface area contributed by atoms with Crippen LogP contribution < -0.4 is 0 Å². The topological polar surface area (TPSA) is 41.6 Å². The Balaban J connectivity index is 2.23. The van der Waals surface area contributed by atoms with Crippen molar-refractivity contribution < 1.29 is 0 Å². The number of nitrogens with zero attached hydrogens (tertiary/aromatic N) is 3. The van der Waals surface area contributed by atoms with Crippen LogP contribution in [0.2, 0.25) is 0 Å². The van der Waals surface area contributed by atoms with Gasteiger partial charge in [-0.3, -0.25) is 4.57 Å². The summed E-state index contributed by atoms with van der Waals surface area (Å²) in [5.41, 5.74) is 3.74. The first-order valence-electron chi connectivity index (χ1n) is 5.98. The molecule has 3 heteroatoms. The van der Waals surface area contributed by atoms with E-state index in [1.54, 1.807) is 12.4 Å². The monoisotopic (exact) mass is 245 g/mol. The highest BCUT2D eigenvalue weighted by Crippen LogP contribution is 2.22. The number of imidazole rings is 1. The number of aromatic nitrogens is 2. The molecule has 3 rings (SSSR count). The third-order valence-corrected chi connectivity index (χ3v) is 2.98. The van der Waals surface area contributed by atoms with E-state index in [0.29, 0.717) is 0 Å².